The summed E-state index contributed by atoms with van der Waals surface area (Å²) in [4.78, 5) is 10.6. The third-order valence-electron chi connectivity index (χ3n) is 3.19. The average molecular weight is 222 g/mol. The van der Waals surface area contributed by atoms with Gasteiger partial charge in [0.25, 0.3) is 0 Å². The first kappa shape index (κ1) is 11.1. The Bertz CT molecular complexity index is 408. The molecule has 2 rings (SSSR count). The van der Waals surface area contributed by atoms with Crippen LogP contribution >= 0.6 is 0 Å². The summed E-state index contributed by atoms with van der Waals surface area (Å²) in [5.74, 6) is -0.781. The van der Waals surface area contributed by atoms with E-state index in [-0.39, 0.29) is 12.3 Å². The van der Waals surface area contributed by atoms with Crippen molar-refractivity contribution in [3.8, 4) is 0 Å². The number of carboxylic acid groups (broad SMARTS) is 1. The summed E-state index contributed by atoms with van der Waals surface area (Å²) in [7, 11) is 0. The summed E-state index contributed by atoms with van der Waals surface area (Å²) in [6.07, 6.45) is 1.81. The highest BCUT2D eigenvalue weighted by molar-refractivity contribution is 5.70. The van der Waals surface area contributed by atoms with Crippen molar-refractivity contribution in [1.82, 2.24) is 0 Å². The van der Waals surface area contributed by atoms with E-state index in [1.807, 2.05) is 0 Å². The van der Waals surface area contributed by atoms with Crippen molar-refractivity contribution in [2.45, 2.75) is 31.9 Å². The average Bonchev–Trinajstić information content (AvgIpc) is 3.00. The molecule has 1 aliphatic carbocycles. The van der Waals surface area contributed by atoms with Crippen LogP contribution < -0.4 is 0 Å². The first-order valence-corrected chi connectivity index (χ1v) is 5.50. The minimum absolute atomic E-state index is 0.0470. The number of alkyl halides is 1. The molecular formula is C13H15FO2. The van der Waals surface area contributed by atoms with Gasteiger partial charge in [-0.3, -0.25) is 4.79 Å². The molecule has 1 N–H and O–H groups in total. The fourth-order valence-corrected chi connectivity index (χ4v) is 2.02. The van der Waals surface area contributed by atoms with Crippen molar-refractivity contribution >= 4 is 5.97 Å². The van der Waals surface area contributed by atoms with Gasteiger partial charge in [-0.2, -0.15) is 0 Å². The maximum atomic E-state index is 14.4. The molecule has 1 atom stereocenters. The van der Waals surface area contributed by atoms with Gasteiger partial charge in [-0.1, -0.05) is 24.3 Å². The van der Waals surface area contributed by atoms with Crippen LogP contribution in [-0.2, 0) is 16.9 Å². The molecule has 86 valence electrons. The Morgan fingerprint density at radius 3 is 2.81 bits per heavy atom. The first-order valence-electron chi connectivity index (χ1n) is 5.50. The van der Waals surface area contributed by atoms with Crippen LogP contribution in [0.4, 0.5) is 4.39 Å². The van der Waals surface area contributed by atoms with E-state index in [9.17, 15) is 9.18 Å². The van der Waals surface area contributed by atoms with Gasteiger partial charge >= 0.3 is 5.97 Å². The molecule has 0 aliphatic heterocycles. The highest BCUT2D eigenvalue weighted by Crippen LogP contribution is 2.48. The molecule has 1 aromatic carbocycles. The van der Waals surface area contributed by atoms with Crippen molar-refractivity contribution < 1.29 is 14.3 Å². The van der Waals surface area contributed by atoms with E-state index in [2.05, 4.69) is 0 Å². The smallest absolute Gasteiger partial charge is 0.307 e. The van der Waals surface area contributed by atoms with Crippen molar-refractivity contribution in [2.75, 3.05) is 0 Å². The van der Waals surface area contributed by atoms with Crippen LogP contribution in [0.2, 0.25) is 0 Å². The van der Waals surface area contributed by atoms with Crippen LogP contribution in [0, 0.1) is 5.92 Å². The molecule has 0 bridgehead atoms. The van der Waals surface area contributed by atoms with Crippen molar-refractivity contribution in [3.05, 3.63) is 35.4 Å². The molecule has 0 radical (unpaired) electrons. The summed E-state index contributed by atoms with van der Waals surface area (Å²) < 4.78 is 14.4. The maximum absolute atomic E-state index is 14.4. The normalized spacial score (nSPS) is 19.1. The van der Waals surface area contributed by atoms with Crippen molar-refractivity contribution in [1.29, 1.82) is 0 Å². The zero-order valence-electron chi connectivity index (χ0n) is 9.24. The number of hydrogen-bond donors (Lipinski definition) is 1. The van der Waals surface area contributed by atoms with E-state index in [0.717, 1.165) is 12.8 Å². The number of carboxylic acids is 1. The van der Waals surface area contributed by atoms with Crippen LogP contribution in [0.3, 0.4) is 0 Å². The SMILES string of the molecule is CC(F)(c1cccc(CC(=O)O)c1)C1CC1. The van der Waals surface area contributed by atoms with Gasteiger partial charge in [0.15, 0.2) is 0 Å². The number of carbonyl (C=O) groups is 1. The molecule has 2 nitrogen and oxygen atoms in total. The van der Waals surface area contributed by atoms with Gasteiger partial charge < -0.3 is 5.11 Å². The number of halogens is 1. The fourth-order valence-electron chi connectivity index (χ4n) is 2.02. The molecule has 16 heavy (non-hydrogen) atoms. The van der Waals surface area contributed by atoms with Gasteiger partial charge in [0.1, 0.15) is 5.67 Å². The lowest BCUT2D eigenvalue weighted by molar-refractivity contribution is -0.136. The first-order chi connectivity index (χ1) is 7.50. The summed E-state index contributed by atoms with van der Waals surface area (Å²) >= 11 is 0. The second-order valence-electron chi connectivity index (χ2n) is 4.62. The summed E-state index contributed by atoms with van der Waals surface area (Å²) in [5, 5.41) is 8.69. The second kappa shape index (κ2) is 3.89. The van der Waals surface area contributed by atoms with Crippen LogP contribution in [0.1, 0.15) is 30.9 Å². The van der Waals surface area contributed by atoms with Crippen LogP contribution in [0.5, 0.6) is 0 Å². The van der Waals surface area contributed by atoms with Crippen molar-refractivity contribution in [3.63, 3.8) is 0 Å². The topological polar surface area (TPSA) is 37.3 Å². The quantitative estimate of drug-likeness (QED) is 0.850. The Kier molecular flexibility index (Phi) is 2.70. The highest BCUT2D eigenvalue weighted by Gasteiger charge is 2.43. The molecule has 1 aliphatic rings. The number of benzene rings is 1. The number of hydrogen-bond acceptors (Lipinski definition) is 1. The Hall–Kier alpha value is -1.38. The minimum atomic E-state index is -1.31. The molecule has 1 unspecified atom stereocenters. The third-order valence-corrected chi connectivity index (χ3v) is 3.19. The van der Waals surface area contributed by atoms with E-state index < -0.39 is 11.6 Å². The molecular weight excluding hydrogens is 207 g/mol. The van der Waals surface area contributed by atoms with E-state index >= 15 is 0 Å². The summed E-state index contributed by atoms with van der Waals surface area (Å²) in [5.41, 5.74) is -0.0441. The largest absolute Gasteiger partial charge is 0.481 e. The van der Waals surface area contributed by atoms with E-state index in [1.165, 1.54) is 0 Å². The molecule has 0 aromatic heterocycles. The fraction of sp³-hybridized carbons (Fsp3) is 0.462. The Morgan fingerprint density at radius 2 is 2.25 bits per heavy atom. The summed E-state index contributed by atoms with van der Waals surface area (Å²) in [6, 6.07) is 6.87. The molecule has 0 amide bonds. The number of aliphatic carboxylic acids is 1. The predicted molar refractivity (Wildman–Crippen MR) is 59.0 cm³/mol. The van der Waals surface area contributed by atoms with Gasteiger partial charge in [-0.05, 0) is 36.8 Å². The zero-order chi connectivity index (χ0) is 11.8. The Balaban J connectivity index is 2.24. The Morgan fingerprint density at radius 1 is 1.56 bits per heavy atom. The van der Waals surface area contributed by atoms with Gasteiger partial charge in [0, 0.05) is 0 Å². The molecule has 0 saturated heterocycles. The van der Waals surface area contributed by atoms with Crippen LogP contribution in [0.15, 0.2) is 24.3 Å². The highest BCUT2D eigenvalue weighted by atomic mass is 19.1. The van der Waals surface area contributed by atoms with Crippen molar-refractivity contribution in [2.24, 2.45) is 5.92 Å². The second-order valence-corrected chi connectivity index (χ2v) is 4.62. The minimum Gasteiger partial charge on any atom is -0.481 e. The predicted octanol–water partition coefficient (Wildman–Crippen LogP) is 2.91. The van der Waals surface area contributed by atoms with E-state index in [1.54, 1.807) is 31.2 Å². The third kappa shape index (κ3) is 2.23. The molecule has 3 heteroatoms. The van der Waals surface area contributed by atoms with Crippen LogP contribution in [-0.4, -0.2) is 11.1 Å². The molecule has 1 fully saturated rings. The van der Waals surface area contributed by atoms with Gasteiger partial charge in [0.05, 0.1) is 6.42 Å². The summed E-state index contributed by atoms with van der Waals surface area (Å²) in [6.45, 7) is 1.59. The lowest BCUT2D eigenvalue weighted by Crippen LogP contribution is -2.18. The molecule has 0 spiro atoms. The molecule has 1 saturated carbocycles. The lowest BCUT2D eigenvalue weighted by Gasteiger charge is -2.20. The van der Waals surface area contributed by atoms with Gasteiger partial charge in [0.2, 0.25) is 0 Å². The molecule has 1 aromatic rings. The zero-order valence-corrected chi connectivity index (χ0v) is 9.24. The monoisotopic (exact) mass is 222 g/mol. The van der Waals surface area contributed by atoms with E-state index in [4.69, 9.17) is 5.11 Å². The standard InChI is InChI=1S/C13H15FO2/c1-13(14,10-5-6-10)11-4-2-3-9(7-11)8-12(15)16/h2-4,7,10H,5-6,8H2,1H3,(H,15,16). The molecule has 0 heterocycles. The van der Waals surface area contributed by atoms with Gasteiger partial charge in [-0.25, -0.2) is 4.39 Å². The number of rotatable bonds is 4. The van der Waals surface area contributed by atoms with Gasteiger partial charge in [-0.15, -0.1) is 0 Å². The van der Waals surface area contributed by atoms with Crippen LogP contribution in [0.25, 0.3) is 0 Å². The lowest BCUT2D eigenvalue weighted by atomic mass is 9.91. The Labute approximate surface area is 94.1 Å². The maximum Gasteiger partial charge on any atom is 0.307 e. The van der Waals surface area contributed by atoms with E-state index in [0.29, 0.717) is 11.1 Å².